The molecule has 4 nitrogen and oxygen atoms in total. The lowest BCUT2D eigenvalue weighted by atomic mass is 10.0. The van der Waals surface area contributed by atoms with Crippen LogP contribution in [0.5, 0.6) is 0 Å². The quantitative estimate of drug-likeness (QED) is 0.835. The molecule has 0 saturated carbocycles. The van der Waals surface area contributed by atoms with Crippen LogP contribution in [0, 0.1) is 5.92 Å². The van der Waals surface area contributed by atoms with E-state index in [2.05, 4.69) is 0 Å². The average molecular weight is 235 g/mol. The predicted octanol–water partition coefficient (Wildman–Crippen LogP) is 1.59. The zero-order chi connectivity index (χ0) is 12.4. The summed E-state index contributed by atoms with van der Waals surface area (Å²) in [5, 5.41) is 18.7. The predicted molar refractivity (Wildman–Crippen MR) is 65.4 cm³/mol. The molecule has 1 fully saturated rings. The van der Waals surface area contributed by atoms with Gasteiger partial charge in [0.15, 0.2) is 0 Å². The maximum atomic E-state index is 11.1. The van der Waals surface area contributed by atoms with Crippen molar-refractivity contribution in [2.75, 3.05) is 18.0 Å². The van der Waals surface area contributed by atoms with E-state index in [9.17, 15) is 9.90 Å². The zero-order valence-corrected chi connectivity index (χ0v) is 9.84. The van der Waals surface area contributed by atoms with Gasteiger partial charge in [-0.15, -0.1) is 0 Å². The van der Waals surface area contributed by atoms with Gasteiger partial charge in [-0.2, -0.15) is 0 Å². The normalized spacial score (nSPS) is 21.5. The third-order valence-corrected chi connectivity index (χ3v) is 3.38. The van der Waals surface area contributed by atoms with E-state index in [1.165, 1.54) is 0 Å². The van der Waals surface area contributed by atoms with Crippen LogP contribution in [0.2, 0.25) is 0 Å². The largest absolute Gasteiger partial charge is 0.478 e. The van der Waals surface area contributed by atoms with Gasteiger partial charge < -0.3 is 15.1 Å². The molecule has 2 N–H and O–H groups in total. The topological polar surface area (TPSA) is 60.8 Å². The number of nitrogens with zero attached hydrogens (tertiary/aromatic N) is 1. The number of aromatic carboxylic acids is 1. The van der Waals surface area contributed by atoms with Crippen LogP contribution in [0.25, 0.3) is 0 Å². The summed E-state index contributed by atoms with van der Waals surface area (Å²) in [5.74, 6) is -0.669. The molecule has 1 heterocycles. The summed E-state index contributed by atoms with van der Waals surface area (Å²) in [4.78, 5) is 13.2. The van der Waals surface area contributed by atoms with Crippen LogP contribution in [0.3, 0.4) is 0 Å². The molecule has 1 aromatic carbocycles. The van der Waals surface area contributed by atoms with Crippen LogP contribution in [-0.4, -0.2) is 35.4 Å². The molecule has 4 heteroatoms. The monoisotopic (exact) mass is 235 g/mol. The zero-order valence-electron chi connectivity index (χ0n) is 9.84. The van der Waals surface area contributed by atoms with Crippen molar-refractivity contribution in [3.05, 3.63) is 29.8 Å². The highest BCUT2D eigenvalue weighted by molar-refractivity contribution is 5.94. The van der Waals surface area contributed by atoms with Crippen molar-refractivity contribution >= 4 is 11.7 Å². The second kappa shape index (κ2) is 4.75. The standard InChI is InChI=1S/C13H17NO3/c1-9(15)10-6-7-14(8-10)12-5-3-2-4-11(12)13(16)17/h2-5,9-10,15H,6-8H2,1H3,(H,16,17). The Morgan fingerprint density at radius 2 is 2.18 bits per heavy atom. The lowest BCUT2D eigenvalue weighted by Gasteiger charge is -2.21. The fourth-order valence-electron chi connectivity index (χ4n) is 2.33. The van der Waals surface area contributed by atoms with Crippen molar-refractivity contribution in [1.29, 1.82) is 0 Å². The maximum absolute atomic E-state index is 11.1. The van der Waals surface area contributed by atoms with Crippen LogP contribution >= 0.6 is 0 Å². The first kappa shape index (κ1) is 11.9. The summed E-state index contributed by atoms with van der Waals surface area (Å²) in [7, 11) is 0. The van der Waals surface area contributed by atoms with E-state index in [4.69, 9.17) is 5.11 Å². The first-order valence-electron chi connectivity index (χ1n) is 5.85. The molecule has 1 saturated heterocycles. The van der Waals surface area contributed by atoms with Gasteiger partial charge in [0.25, 0.3) is 0 Å². The van der Waals surface area contributed by atoms with Crippen LogP contribution in [0.4, 0.5) is 5.69 Å². The molecular weight excluding hydrogens is 218 g/mol. The third kappa shape index (κ3) is 2.42. The van der Waals surface area contributed by atoms with Crippen molar-refractivity contribution in [3.63, 3.8) is 0 Å². The van der Waals surface area contributed by atoms with Gasteiger partial charge in [-0.05, 0) is 25.5 Å². The number of para-hydroxylation sites is 1. The summed E-state index contributed by atoms with van der Waals surface area (Å²) in [6, 6.07) is 7.02. The van der Waals surface area contributed by atoms with E-state index in [-0.39, 0.29) is 12.0 Å². The Hall–Kier alpha value is -1.55. The fourth-order valence-corrected chi connectivity index (χ4v) is 2.33. The molecular formula is C13H17NO3. The molecule has 1 aliphatic heterocycles. The molecule has 0 aliphatic carbocycles. The van der Waals surface area contributed by atoms with Crippen LogP contribution in [-0.2, 0) is 0 Å². The highest BCUT2D eigenvalue weighted by Crippen LogP contribution is 2.28. The second-order valence-electron chi connectivity index (χ2n) is 4.56. The number of carbonyl (C=O) groups is 1. The van der Waals surface area contributed by atoms with E-state index in [1.807, 2.05) is 17.0 Å². The number of anilines is 1. The molecule has 1 aromatic rings. The molecule has 0 spiro atoms. The van der Waals surface area contributed by atoms with Gasteiger partial charge in [0.1, 0.15) is 0 Å². The molecule has 0 radical (unpaired) electrons. The summed E-state index contributed by atoms with van der Waals surface area (Å²) in [5.41, 5.74) is 1.09. The van der Waals surface area contributed by atoms with Gasteiger partial charge in [-0.25, -0.2) is 4.79 Å². The summed E-state index contributed by atoms with van der Waals surface area (Å²) < 4.78 is 0. The van der Waals surface area contributed by atoms with Gasteiger partial charge in [-0.3, -0.25) is 0 Å². The maximum Gasteiger partial charge on any atom is 0.337 e. The average Bonchev–Trinajstić information content (AvgIpc) is 2.78. The highest BCUT2D eigenvalue weighted by Gasteiger charge is 2.28. The minimum Gasteiger partial charge on any atom is -0.478 e. The Bertz CT molecular complexity index is 417. The molecule has 2 unspecified atom stereocenters. The summed E-state index contributed by atoms with van der Waals surface area (Å²) in [6.45, 7) is 3.32. The molecule has 0 bridgehead atoms. The van der Waals surface area contributed by atoms with Gasteiger partial charge >= 0.3 is 5.97 Å². The number of benzene rings is 1. The fraction of sp³-hybridized carbons (Fsp3) is 0.462. The minimum absolute atomic E-state index is 0.233. The summed E-state index contributed by atoms with van der Waals surface area (Å²) in [6.07, 6.45) is 0.572. The Kier molecular flexibility index (Phi) is 3.33. The van der Waals surface area contributed by atoms with E-state index < -0.39 is 5.97 Å². The Morgan fingerprint density at radius 3 is 2.76 bits per heavy atom. The van der Waals surface area contributed by atoms with Gasteiger partial charge in [-0.1, -0.05) is 12.1 Å². The number of hydrogen-bond donors (Lipinski definition) is 2. The van der Waals surface area contributed by atoms with Crippen LogP contribution < -0.4 is 4.90 Å². The number of carboxylic acids is 1. The highest BCUT2D eigenvalue weighted by atomic mass is 16.4. The SMILES string of the molecule is CC(O)C1CCN(c2ccccc2C(=O)O)C1. The third-order valence-electron chi connectivity index (χ3n) is 3.38. The first-order valence-corrected chi connectivity index (χ1v) is 5.85. The summed E-state index contributed by atoms with van der Waals surface area (Å²) >= 11 is 0. The Morgan fingerprint density at radius 1 is 1.47 bits per heavy atom. The van der Waals surface area contributed by atoms with Crippen molar-refractivity contribution in [1.82, 2.24) is 0 Å². The molecule has 1 aliphatic rings. The van der Waals surface area contributed by atoms with E-state index >= 15 is 0 Å². The van der Waals surface area contributed by atoms with Crippen molar-refractivity contribution in [2.45, 2.75) is 19.4 Å². The number of hydrogen-bond acceptors (Lipinski definition) is 3. The lowest BCUT2D eigenvalue weighted by molar-refractivity contribution is 0.0697. The first-order chi connectivity index (χ1) is 8.09. The van der Waals surface area contributed by atoms with Crippen molar-refractivity contribution < 1.29 is 15.0 Å². The van der Waals surface area contributed by atoms with Crippen LogP contribution in [0.15, 0.2) is 24.3 Å². The van der Waals surface area contributed by atoms with E-state index in [0.29, 0.717) is 5.56 Å². The van der Waals surface area contributed by atoms with Crippen molar-refractivity contribution in [2.24, 2.45) is 5.92 Å². The van der Waals surface area contributed by atoms with E-state index in [1.54, 1.807) is 19.1 Å². The number of aliphatic hydroxyl groups excluding tert-OH is 1. The molecule has 92 valence electrons. The molecule has 17 heavy (non-hydrogen) atoms. The molecule has 2 rings (SSSR count). The molecule has 0 aromatic heterocycles. The number of carboxylic acid groups (broad SMARTS) is 1. The Labute approximate surface area is 100 Å². The van der Waals surface area contributed by atoms with E-state index in [0.717, 1.165) is 25.2 Å². The number of aliphatic hydroxyl groups is 1. The molecule has 0 amide bonds. The van der Waals surface area contributed by atoms with Gasteiger partial charge in [0.05, 0.1) is 17.4 Å². The minimum atomic E-state index is -0.902. The smallest absolute Gasteiger partial charge is 0.337 e. The number of rotatable bonds is 3. The van der Waals surface area contributed by atoms with Crippen molar-refractivity contribution in [3.8, 4) is 0 Å². The van der Waals surface area contributed by atoms with Gasteiger partial charge in [0.2, 0.25) is 0 Å². The second-order valence-corrected chi connectivity index (χ2v) is 4.56. The van der Waals surface area contributed by atoms with Crippen LogP contribution in [0.1, 0.15) is 23.7 Å². The van der Waals surface area contributed by atoms with Gasteiger partial charge in [0, 0.05) is 19.0 Å². The lowest BCUT2D eigenvalue weighted by Crippen LogP contribution is -2.25. The molecule has 2 atom stereocenters. The Balaban J connectivity index is 2.21.